The van der Waals surface area contributed by atoms with Crippen LogP contribution in [0.3, 0.4) is 0 Å². The Morgan fingerprint density at radius 2 is 2.00 bits per heavy atom. The predicted molar refractivity (Wildman–Crippen MR) is 112 cm³/mol. The first-order valence-electron chi connectivity index (χ1n) is 10.4. The molecular weight excluding hydrogens is 376 g/mol. The Morgan fingerprint density at radius 1 is 1.18 bits per heavy atom. The van der Waals surface area contributed by atoms with E-state index in [0.717, 1.165) is 26.1 Å². The number of aliphatic hydroxyl groups is 1. The van der Waals surface area contributed by atoms with Gasteiger partial charge in [0.15, 0.2) is 5.43 Å². The van der Waals surface area contributed by atoms with Crippen LogP contribution in [0.5, 0.6) is 0 Å². The van der Waals surface area contributed by atoms with Crippen LogP contribution >= 0.6 is 11.6 Å². The van der Waals surface area contributed by atoms with Gasteiger partial charge in [-0.05, 0) is 37.5 Å². The molecule has 1 saturated carbocycles. The van der Waals surface area contributed by atoms with Crippen molar-refractivity contribution in [3.63, 3.8) is 0 Å². The fourth-order valence-electron chi connectivity index (χ4n) is 4.87. The van der Waals surface area contributed by atoms with Crippen molar-refractivity contribution in [2.24, 2.45) is 0 Å². The summed E-state index contributed by atoms with van der Waals surface area (Å²) in [7, 11) is 0. The number of hydrogen-bond donors (Lipinski definition) is 1. The highest BCUT2D eigenvalue weighted by molar-refractivity contribution is 6.31. The molecule has 0 amide bonds. The van der Waals surface area contributed by atoms with Gasteiger partial charge in [0.25, 0.3) is 0 Å². The van der Waals surface area contributed by atoms with Crippen molar-refractivity contribution in [1.29, 1.82) is 0 Å². The average Bonchev–Trinajstić information content (AvgIpc) is 2.72. The van der Waals surface area contributed by atoms with Gasteiger partial charge in [-0.1, -0.05) is 30.9 Å². The van der Waals surface area contributed by atoms with E-state index in [2.05, 4.69) is 9.80 Å². The van der Waals surface area contributed by atoms with Gasteiger partial charge in [0.2, 0.25) is 0 Å². The molecule has 1 N–H and O–H groups in total. The number of nitrogens with zero attached hydrogens (tertiary/aromatic N) is 2. The maximum Gasteiger partial charge on any atom is 0.197 e. The summed E-state index contributed by atoms with van der Waals surface area (Å²) in [5.41, 5.74) is 1.24. The Morgan fingerprint density at radius 3 is 2.79 bits per heavy atom. The third-order valence-corrected chi connectivity index (χ3v) is 6.55. The molecule has 2 heterocycles. The molecule has 2 aliphatic rings. The third-order valence-electron chi connectivity index (χ3n) is 6.32. The van der Waals surface area contributed by atoms with Crippen LogP contribution in [0.2, 0.25) is 5.02 Å². The summed E-state index contributed by atoms with van der Waals surface area (Å²) in [6.07, 6.45) is 8.91. The lowest BCUT2D eigenvalue weighted by atomic mass is 9.91. The van der Waals surface area contributed by atoms with Crippen LogP contribution in [0.4, 0.5) is 0 Å². The van der Waals surface area contributed by atoms with E-state index in [0.29, 0.717) is 40.2 Å². The lowest BCUT2D eigenvalue weighted by Crippen LogP contribution is -2.57. The molecule has 1 saturated heterocycles. The van der Waals surface area contributed by atoms with Crippen LogP contribution in [-0.2, 0) is 6.54 Å². The molecule has 1 aromatic carbocycles. The first-order chi connectivity index (χ1) is 13.7. The summed E-state index contributed by atoms with van der Waals surface area (Å²) in [6, 6.07) is 6.16. The first kappa shape index (κ1) is 19.9. The van der Waals surface area contributed by atoms with E-state index in [1.165, 1.54) is 32.1 Å². The Kier molecular flexibility index (Phi) is 6.36. The fraction of sp³-hybridized carbons (Fsp3) is 0.591. The first-order valence-corrected chi connectivity index (χ1v) is 10.8. The lowest BCUT2D eigenvalue weighted by Gasteiger charge is -2.46. The zero-order valence-corrected chi connectivity index (χ0v) is 17.0. The van der Waals surface area contributed by atoms with Gasteiger partial charge in [-0.2, -0.15) is 0 Å². The highest BCUT2D eigenvalue weighted by atomic mass is 35.5. The van der Waals surface area contributed by atoms with Gasteiger partial charge in [-0.25, -0.2) is 0 Å². The molecule has 0 spiro atoms. The highest BCUT2D eigenvalue weighted by Gasteiger charge is 2.32. The van der Waals surface area contributed by atoms with E-state index in [1.807, 2.05) is 0 Å². The van der Waals surface area contributed by atoms with E-state index in [4.69, 9.17) is 16.0 Å². The van der Waals surface area contributed by atoms with Gasteiger partial charge in [0.05, 0.1) is 11.6 Å². The number of halogens is 1. The quantitative estimate of drug-likeness (QED) is 0.824. The van der Waals surface area contributed by atoms with Crippen LogP contribution in [-0.4, -0.2) is 53.2 Å². The van der Waals surface area contributed by atoms with Crippen LogP contribution < -0.4 is 5.43 Å². The molecule has 1 aliphatic heterocycles. The molecule has 2 aromatic rings. The van der Waals surface area contributed by atoms with Crippen molar-refractivity contribution in [1.82, 2.24) is 9.80 Å². The number of hydrogen-bond acceptors (Lipinski definition) is 5. The molecule has 0 bridgehead atoms. The van der Waals surface area contributed by atoms with Gasteiger partial charge in [0.1, 0.15) is 5.58 Å². The minimum atomic E-state index is -0.00262. The van der Waals surface area contributed by atoms with Crippen LogP contribution in [0.1, 0.15) is 44.1 Å². The van der Waals surface area contributed by atoms with E-state index < -0.39 is 0 Å². The SMILES string of the molecule is O=c1c(CN2CCN(C3CCCCC3)[C@H](CCO)C2)coc2ccc(Cl)cc12. The maximum absolute atomic E-state index is 12.9. The second-order valence-electron chi connectivity index (χ2n) is 8.16. The molecule has 1 aromatic heterocycles. The molecule has 6 heteroatoms. The molecule has 152 valence electrons. The van der Waals surface area contributed by atoms with Gasteiger partial charge in [0, 0.05) is 55.5 Å². The smallest absolute Gasteiger partial charge is 0.197 e. The normalized spacial score (nSPS) is 22.7. The maximum atomic E-state index is 12.9. The van der Waals surface area contributed by atoms with Crippen molar-refractivity contribution >= 4 is 22.6 Å². The predicted octanol–water partition coefficient (Wildman–Crippen LogP) is 3.65. The second kappa shape index (κ2) is 8.95. The third kappa shape index (κ3) is 4.28. The summed E-state index contributed by atoms with van der Waals surface area (Å²) in [5.74, 6) is 0. The topological polar surface area (TPSA) is 56.9 Å². The molecule has 0 radical (unpaired) electrons. The van der Waals surface area contributed by atoms with Gasteiger partial charge in [-0.3, -0.25) is 14.6 Å². The molecule has 1 atom stereocenters. The van der Waals surface area contributed by atoms with Crippen molar-refractivity contribution in [3.05, 3.63) is 45.3 Å². The molecule has 4 rings (SSSR count). The highest BCUT2D eigenvalue weighted by Crippen LogP contribution is 2.27. The average molecular weight is 405 g/mol. The Labute approximate surface area is 170 Å². The van der Waals surface area contributed by atoms with Crippen molar-refractivity contribution in [2.75, 3.05) is 26.2 Å². The van der Waals surface area contributed by atoms with Crippen molar-refractivity contribution in [3.8, 4) is 0 Å². The number of rotatable bonds is 5. The van der Waals surface area contributed by atoms with Crippen LogP contribution in [0.15, 0.2) is 33.7 Å². The van der Waals surface area contributed by atoms with Gasteiger partial charge >= 0.3 is 0 Å². The van der Waals surface area contributed by atoms with Crippen LogP contribution in [0.25, 0.3) is 11.0 Å². The molecular formula is C22H29ClN2O3. The molecule has 1 aliphatic carbocycles. The summed E-state index contributed by atoms with van der Waals surface area (Å²) >= 11 is 6.06. The zero-order chi connectivity index (χ0) is 19.5. The van der Waals surface area contributed by atoms with Gasteiger partial charge < -0.3 is 9.52 Å². The molecule has 2 fully saturated rings. The number of aliphatic hydroxyl groups excluding tert-OH is 1. The van der Waals surface area contributed by atoms with Gasteiger partial charge in [-0.15, -0.1) is 0 Å². The van der Waals surface area contributed by atoms with Crippen LogP contribution in [0, 0.1) is 0 Å². The Bertz CT molecular complexity index is 862. The van der Waals surface area contributed by atoms with E-state index in [1.54, 1.807) is 24.5 Å². The largest absolute Gasteiger partial charge is 0.464 e. The minimum Gasteiger partial charge on any atom is -0.464 e. The van der Waals surface area contributed by atoms with E-state index in [-0.39, 0.29) is 12.0 Å². The lowest BCUT2D eigenvalue weighted by molar-refractivity contribution is 0.0134. The minimum absolute atomic E-state index is 0.00262. The Hall–Kier alpha value is -1.40. The molecule has 28 heavy (non-hydrogen) atoms. The summed E-state index contributed by atoms with van der Waals surface area (Å²) in [5, 5.41) is 10.7. The summed E-state index contributed by atoms with van der Waals surface area (Å²) < 4.78 is 5.68. The van der Waals surface area contributed by atoms with E-state index in [9.17, 15) is 9.90 Å². The second-order valence-corrected chi connectivity index (χ2v) is 8.60. The fourth-order valence-corrected chi connectivity index (χ4v) is 5.04. The Balaban J connectivity index is 1.49. The number of piperazine rings is 1. The number of fused-ring (bicyclic) bond motifs is 1. The molecule has 0 unspecified atom stereocenters. The summed E-state index contributed by atoms with van der Waals surface area (Å²) in [6.45, 7) is 3.60. The monoisotopic (exact) mass is 404 g/mol. The number of benzene rings is 1. The van der Waals surface area contributed by atoms with Crippen molar-refractivity contribution < 1.29 is 9.52 Å². The van der Waals surface area contributed by atoms with Crippen molar-refractivity contribution in [2.45, 2.75) is 57.2 Å². The molecule has 5 nitrogen and oxygen atoms in total. The standard InChI is InChI=1S/C22H29ClN2O3/c23-17-6-7-21-20(12-17)22(27)16(15-28-21)13-24-9-10-25(19(14-24)8-11-26)18-4-2-1-3-5-18/h6-7,12,15,18-19,26H,1-5,8-11,13-14H2/t19-/m1/s1. The van der Waals surface area contributed by atoms with E-state index >= 15 is 0 Å². The summed E-state index contributed by atoms with van der Waals surface area (Å²) in [4.78, 5) is 17.8. The zero-order valence-electron chi connectivity index (χ0n) is 16.3.